The van der Waals surface area contributed by atoms with Gasteiger partial charge in [-0.1, -0.05) is 46.4 Å². The summed E-state index contributed by atoms with van der Waals surface area (Å²) >= 11 is 2.15. The third kappa shape index (κ3) is 4.52. The van der Waals surface area contributed by atoms with E-state index in [4.69, 9.17) is 4.74 Å². The van der Waals surface area contributed by atoms with Gasteiger partial charge in [-0.25, -0.2) is 4.79 Å². The molecule has 1 aliphatic carbocycles. The predicted octanol–water partition coefficient (Wildman–Crippen LogP) is 6.78. The number of ether oxygens (including phenoxy) is 1. The number of halogens is 1. The molecule has 0 fully saturated rings. The zero-order chi connectivity index (χ0) is 21.6. The van der Waals surface area contributed by atoms with Crippen LogP contribution in [0.3, 0.4) is 0 Å². The van der Waals surface area contributed by atoms with Crippen LogP contribution in [0.5, 0.6) is 5.75 Å². The Kier molecular flexibility index (Phi) is 5.87. The summed E-state index contributed by atoms with van der Waals surface area (Å²) in [5.74, 6) is 0.182. The van der Waals surface area contributed by atoms with Crippen LogP contribution >= 0.6 is 22.6 Å². The average molecular weight is 504 g/mol. The number of allylic oxidation sites excluding steroid dienone is 1. The molecule has 29 heavy (non-hydrogen) atoms. The van der Waals surface area contributed by atoms with Crippen molar-refractivity contribution in [1.82, 2.24) is 0 Å². The summed E-state index contributed by atoms with van der Waals surface area (Å²) in [5.41, 5.74) is 5.88. The van der Waals surface area contributed by atoms with E-state index >= 15 is 0 Å². The summed E-state index contributed by atoms with van der Waals surface area (Å²) in [4.78, 5) is 11.3. The molecule has 0 radical (unpaired) electrons. The van der Waals surface area contributed by atoms with Crippen molar-refractivity contribution >= 4 is 28.6 Å². The molecule has 4 heteroatoms. The molecule has 1 aliphatic rings. The van der Waals surface area contributed by atoms with Gasteiger partial charge in [0.1, 0.15) is 11.5 Å². The number of carbonyl (C=O) groups is 1. The van der Waals surface area contributed by atoms with Crippen molar-refractivity contribution in [2.45, 2.75) is 64.7 Å². The zero-order valence-electron chi connectivity index (χ0n) is 17.9. The second-order valence-electron chi connectivity index (χ2n) is 9.36. The van der Waals surface area contributed by atoms with Crippen molar-refractivity contribution in [1.29, 1.82) is 0 Å². The SMILES string of the molecule is C=C(Cc1cc2c(cc1C)C(C)(C)CCC2(C)C)Oc1cc(C(=O)O)ccc1I. The Balaban J connectivity index is 1.89. The summed E-state index contributed by atoms with van der Waals surface area (Å²) in [6, 6.07) is 9.56. The first-order chi connectivity index (χ1) is 13.4. The molecule has 0 atom stereocenters. The molecule has 2 aromatic rings. The van der Waals surface area contributed by atoms with Crippen LogP contribution in [0.4, 0.5) is 0 Å². The van der Waals surface area contributed by atoms with Crippen LogP contribution in [-0.2, 0) is 17.3 Å². The van der Waals surface area contributed by atoms with Crippen LogP contribution in [0.2, 0.25) is 0 Å². The fourth-order valence-corrected chi connectivity index (χ4v) is 4.52. The predicted molar refractivity (Wildman–Crippen MR) is 126 cm³/mol. The second kappa shape index (κ2) is 7.78. The molecule has 0 heterocycles. The van der Waals surface area contributed by atoms with Gasteiger partial charge in [-0.3, -0.25) is 0 Å². The monoisotopic (exact) mass is 504 g/mol. The van der Waals surface area contributed by atoms with Gasteiger partial charge in [0.2, 0.25) is 0 Å². The van der Waals surface area contributed by atoms with Gasteiger partial charge in [-0.15, -0.1) is 0 Å². The van der Waals surface area contributed by atoms with Crippen molar-refractivity contribution < 1.29 is 14.6 Å². The van der Waals surface area contributed by atoms with E-state index in [0.717, 1.165) is 3.57 Å². The summed E-state index contributed by atoms with van der Waals surface area (Å²) in [7, 11) is 0. The molecule has 154 valence electrons. The van der Waals surface area contributed by atoms with E-state index in [1.807, 2.05) is 0 Å². The molecular weight excluding hydrogens is 475 g/mol. The molecule has 0 saturated carbocycles. The highest BCUT2D eigenvalue weighted by Crippen LogP contribution is 2.46. The lowest BCUT2D eigenvalue weighted by atomic mass is 9.62. The minimum Gasteiger partial charge on any atom is -0.478 e. The van der Waals surface area contributed by atoms with Gasteiger partial charge in [0, 0.05) is 6.42 Å². The number of hydrogen-bond donors (Lipinski definition) is 1. The molecule has 0 saturated heterocycles. The lowest BCUT2D eigenvalue weighted by Crippen LogP contribution is -2.34. The Hall–Kier alpha value is -1.82. The first-order valence-corrected chi connectivity index (χ1v) is 11.0. The van der Waals surface area contributed by atoms with E-state index in [2.05, 4.69) is 75.9 Å². The highest BCUT2D eigenvalue weighted by Gasteiger charge is 2.37. The number of aromatic carboxylic acids is 1. The maximum Gasteiger partial charge on any atom is 0.335 e. The Bertz CT molecular complexity index is 986. The van der Waals surface area contributed by atoms with Gasteiger partial charge in [-0.2, -0.15) is 0 Å². The van der Waals surface area contributed by atoms with Gasteiger partial charge in [-0.05, 0) is 93.6 Å². The molecule has 0 amide bonds. The maximum atomic E-state index is 11.3. The lowest BCUT2D eigenvalue weighted by molar-refractivity contribution is 0.0696. The fraction of sp³-hybridized carbons (Fsp3) is 0.400. The van der Waals surface area contributed by atoms with E-state index < -0.39 is 5.97 Å². The number of carboxylic acids is 1. The molecule has 1 N–H and O–H groups in total. The van der Waals surface area contributed by atoms with E-state index in [1.54, 1.807) is 18.2 Å². The van der Waals surface area contributed by atoms with Crippen LogP contribution in [0.15, 0.2) is 42.7 Å². The van der Waals surface area contributed by atoms with Gasteiger partial charge < -0.3 is 9.84 Å². The molecule has 0 unspecified atom stereocenters. The number of fused-ring (bicyclic) bond motifs is 1. The minimum atomic E-state index is -0.966. The van der Waals surface area contributed by atoms with E-state index in [1.165, 1.54) is 35.1 Å². The van der Waals surface area contributed by atoms with Crippen molar-refractivity contribution in [2.75, 3.05) is 0 Å². The molecule has 0 aromatic heterocycles. The standard InChI is InChI=1S/C25H29IO3/c1-15-11-19-20(25(5,6)10-9-24(19,3)4)13-18(15)12-16(2)29-22-14-17(23(27)28)7-8-21(22)26/h7-8,11,13-14H,2,9-10,12H2,1,3-6H3,(H,27,28). The number of carboxylic acid groups (broad SMARTS) is 1. The number of benzene rings is 2. The van der Waals surface area contributed by atoms with E-state index in [9.17, 15) is 9.90 Å². The first-order valence-electron chi connectivity index (χ1n) is 9.94. The summed E-state index contributed by atoms with van der Waals surface area (Å²) in [6.07, 6.45) is 2.97. The van der Waals surface area contributed by atoms with Gasteiger partial charge in [0.25, 0.3) is 0 Å². The van der Waals surface area contributed by atoms with Gasteiger partial charge >= 0.3 is 5.97 Å². The van der Waals surface area contributed by atoms with Crippen LogP contribution in [0, 0.1) is 10.5 Å². The van der Waals surface area contributed by atoms with Gasteiger partial charge in [0.15, 0.2) is 0 Å². The number of hydrogen-bond acceptors (Lipinski definition) is 2. The third-order valence-electron chi connectivity index (χ3n) is 6.13. The Labute approximate surface area is 187 Å². The Morgan fingerprint density at radius 1 is 1.10 bits per heavy atom. The largest absolute Gasteiger partial charge is 0.478 e. The Morgan fingerprint density at radius 3 is 2.28 bits per heavy atom. The first kappa shape index (κ1) is 21.9. The molecule has 0 bridgehead atoms. The molecule has 3 rings (SSSR count). The third-order valence-corrected chi connectivity index (χ3v) is 7.02. The molecule has 3 nitrogen and oxygen atoms in total. The average Bonchev–Trinajstić information content (AvgIpc) is 2.62. The van der Waals surface area contributed by atoms with Crippen LogP contribution in [-0.4, -0.2) is 11.1 Å². The van der Waals surface area contributed by atoms with E-state index in [0.29, 0.717) is 17.9 Å². The normalized spacial score (nSPS) is 16.8. The van der Waals surface area contributed by atoms with Crippen molar-refractivity contribution in [3.05, 3.63) is 74.1 Å². The highest BCUT2D eigenvalue weighted by atomic mass is 127. The Morgan fingerprint density at radius 2 is 1.69 bits per heavy atom. The molecule has 2 aromatic carbocycles. The van der Waals surface area contributed by atoms with Crippen LogP contribution in [0.25, 0.3) is 0 Å². The van der Waals surface area contributed by atoms with Gasteiger partial charge in [0.05, 0.1) is 9.13 Å². The topological polar surface area (TPSA) is 46.5 Å². The highest BCUT2D eigenvalue weighted by molar-refractivity contribution is 14.1. The number of aryl methyl sites for hydroxylation is 1. The zero-order valence-corrected chi connectivity index (χ0v) is 20.0. The molecule has 0 aliphatic heterocycles. The maximum absolute atomic E-state index is 11.3. The van der Waals surface area contributed by atoms with Crippen molar-refractivity contribution in [3.63, 3.8) is 0 Å². The van der Waals surface area contributed by atoms with Crippen LogP contribution < -0.4 is 4.74 Å². The molecule has 0 spiro atoms. The number of rotatable bonds is 5. The fourth-order valence-electron chi connectivity index (χ4n) is 4.08. The second-order valence-corrected chi connectivity index (χ2v) is 10.5. The van der Waals surface area contributed by atoms with Crippen LogP contribution in [0.1, 0.15) is 73.1 Å². The van der Waals surface area contributed by atoms with E-state index in [-0.39, 0.29) is 16.4 Å². The summed E-state index contributed by atoms with van der Waals surface area (Å²) < 4.78 is 6.83. The van der Waals surface area contributed by atoms with Crippen molar-refractivity contribution in [2.24, 2.45) is 0 Å². The lowest BCUT2D eigenvalue weighted by Gasteiger charge is -2.42. The summed E-state index contributed by atoms with van der Waals surface area (Å²) in [6.45, 7) is 15.6. The summed E-state index contributed by atoms with van der Waals surface area (Å²) in [5, 5.41) is 9.23. The smallest absolute Gasteiger partial charge is 0.335 e. The quantitative estimate of drug-likeness (QED) is 0.361. The molecular formula is C25H29IO3. The van der Waals surface area contributed by atoms with Crippen molar-refractivity contribution in [3.8, 4) is 5.75 Å². The minimum absolute atomic E-state index is 0.153.